The Morgan fingerprint density at radius 3 is 1.79 bits per heavy atom. The number of hydrogen-bond acceptors (Lipinski definition) is 4. The van der Waals surface area contributed by atoms with Crippen molar-refractivity contribution in [3.8, 4) is 0 Å². The summed E-state index contributed by atoms with van der Waals surface area (Å²) in [6, 6.07) is 26.3. The van der Waals surface area contributed by atoms with Crippen LogP contribution in [0.25, 0.3) is 0 Å². The molecule has 6 nitrogen and oxygen atoms in total. The summed E-state index contributed by atoms with van der Waals surface area (Å²) < 4.78 is 0. The van der Waals surface area contributed by atoms with Crippen molar-refractivity contribution in [2.75, 3.05) is 9.80 Å². The van der Waals surface area contributed by atoms with E-state index >= 15 is 0 Å². The smallest absolute Gasteiger partial charge is 0.242 e. The predicted molar refractivity (Wildman–Crippen MR) is 165 cm³/mol. The topological polar surface area (TPSA) is 74.8 Å². The molecular weight excluding hydrogens is 583 g/mol. The highest BCUT2D eigenvalue weighted by molar-refractivity contribution is 6.33. The van der Waals surface area contributed by atoms with Gasteiger partial charge in [0, 0.05) is 10.0 Å². The van der Waals surface area contributed by atoms with Crippen molar-refractivity contribution in [2.24, 2.45) is 11.3 Å². The second-order valence-corrected chi connectivity index (χ2v) is 12.5. The minimum atomic E-state index is -1.55. The van der Waals surface area contributed by atoms with Crippen molar-refractivity contribution in [2.45, 2.75) is 32.1 Å². The van der Waals surface area contributed by atoms with E-state index in [2.05, 4.69) is 0 Å². The molecule has 43 heavy (non-hydrogen) atoms. The zero-order valence-electron chi connectivity index (χ0n) is 23.4. The fraction of sp³-hybridized carbons (Fsp3) is 0.200. The number of carbonyl (C=O) groups excluding carboxylic acids is 4. The monoisotopic (exact) mass is 608 g/mol. The zero-order valence-corrected chi connectivity index (χ0v) is 24.9. The van der Waals surface area contributed by atoms with E-state index < -0.39 is 46.8 Å². The van der Waals surface area contributed by atoms with Gasteiger partial charge in [0.1, 0.15) is 0 Å². The van der Waals surface area contributed by atoms with Crippen molar-refractivity contribution in [1.29, 1.82) is 0 Å². The van der Waals surface area contributed by atoms with Gasteiger partial charge < -0.3 is 0 Å². The number of imide groups is 2. The SMILES string of the molecule is Cc1ccc(C[C@@]23C(=O)N(c4ccc(Cl)cc4)C(=O)[C@H]2c2cc(C)ccc2[C@H]2C(=O)N(c4ccc(Cl)cc4)C(=O)[C@@H]23)cc1. The number of carbonyl (C=O) groups is 4. The average molecular weight is 610 g/mol. The van der Waals surface area contributed by atoms with Gasteiger partial charge in [-0.2, -0.15) is 0 Å². The Bertz CT molecular complexity index is 1840. The molecule has 0 spiro atoms. The third kappa shape index (κ3) is 4.00. The lowest BCUT2D eigenvalue weighted by atomic mass is 9.54. The molecule has 0 saturated carbocycles. The second-order valence-electron chi connectivity index (χ2n) is 11.7. The highest BCUT2D eigenvalue weighted by Crippen LogP contribution is 2.63. The molecule has 8 heteroatoms. The van der Waals surface area contributed by atoms with Gasteiger partial charge in [-0.25, -0.2) is 9.80 Å². The van der Waals surface area contributed by atoms with Crippen LogP contribution in [0.3, 0.4) is 0 Å². The van der Waals surface area contributed by atoms with Gasteiger partial charge in [-0.1, -0.05) is 76.8 Å². The van der Waals surface area contributed by atoms with Crippen LogP contribution in [0.1, 0.15) is 39.7 Å². The first-order valence-electron chi connectivity index (χ1n) is 14.0. The summed E-state index contributed by atoms with van der Waals surface area (Å²) in [4.78, 5) is 60.9. The van der Waals surface area contributed by atoms with E-state index in [4.69, 9.17) is 23.2 Å². The van der Waals surface area contributed by atoms with Crippen molar-refractivity contribution in [3.05, 3.63) is 129 Å². The van der Waals surface area contributed by atoms with Crippen molar-refractivity contribution in [1.82, 2.24) is 0 Å². The van der Waals surface area contributed by atoms with Crippen LogP contribution >= 0.6 is 23.2 Å². The van der Waals surface area contributed by atoms with Crippen LogP contribution in [0.5, 0.6) is 0 Å². The number of fused-ring (bicyclic) bond motifs is 6. The predicted octanol–water partition coefficient (Wildman–Crippen LogP) is 6.78. The first-order chi connectivity index (χ1) is 20.6. The number of halogens is 2. The molecule has 3 aliphatic rings. The maximum absolute atomic E-state index is 15.0. The molecule has 4 aromatic carbocycles. The Morgan fingerprint density at radius 2 is 1.19 bits per heavy atom. The van der Waals surface area contributed by atoms with Gasteiger partial charge in [0.25, 0.3) is 0 Å². The summed E-state index contributed by atoms with van der Waals surface area (Å²) in [5, 5.41) is 0.929. The molecule has 0 aromatic heterocycles. The van der Waals surface area contributed by atoms with Gasteiger partial charge in [-0.15, -0.1) is 0 Å². The van der Waals surface area contributed by atoms with E-state index in [9.17, 15) is 19.2 Å². The fourth-order valence-corrected chi connectivity index (χ4v) is 7.50. The standard InChI is InChI=1S/C35H26Cl2N2O4/c1-19-3-6-21(7-4-19)18-35-29(32(41)39(34(35)43)25-14-10-23(37)11-15-25)27-17-20(2)5-16-26(27)28-30(35)33(42)38(31(28)40)24-12-8-22(36)9-13-24/h3-17,28-30H,18H2,1-2H3/t28-,29-,30-,35-/m1/s1. The summed E-state index contributed by atoms with van der Waals surface area (Å²) in [5.74, 6) is -4.86. The Labute approximate surface area is 258 Å². The lowest BCUT2D eigenvalue weighted by Crippen LogP contribution is -2.51. The molecule has 2 heterocycles. The largest absolute Gasteiger partial charge is 0.274 e. The highest BCUT2D eigenvalue weighted by Gasteiger charge is 2.73. The second kappa shape index (κ2) is 9.90. The molecule has 4 aromatic rings. The number of hydrogen-bond donors (Lipinski definition) is 0. The average Bonchev–Trinajstić information content (AvgIpc) is 3.38. The molecule has 2 aliphatic heterocycles. The lowest BCUT2D eigenvalue weighted by molar-refractivity contribution is -0.138. The summed E-state index contributed by atoms with van der Waals surface area (Å²) in [6.45, 7) is 3.88. The molecule has 2 fully saturated rings. The fourth-order valence-electron chi connectivity index (χ4n) is 7.24. The highest BCUT2D eigenvalue weighted by atomic mass is 35.5. The quantitative estimate of drug-likeness (QED) is 0.239. The van der Waals surface area contributed by atoms with E-state index in [1.807, 2.05) is 56.3 Å². The molecule has 0 N–H and O–H groups in total. The van der Waals surface area contributed by atoms with Crippen LogP contribution in [-0.2, 0) is 25.6 Å². The van der Waals surface area contributed by atoms with Gasteiger partial charge in [0.15, 0.2) is 0 Å². The normalized spacial score (nSPS) is 24.3. The van der Waals surface area contributed by atoms with Crippen molar-refractivity contribution < 1.29 is 19.2 Å². The van der Waals surface area contributed by atoms with E-state index in [1.165, 1.54) is 4.90 Å². The van der Waals surface area contributed by atoms with Gasteiger partial charge in [-0.3, -0.25) is 19.2 Å². The van der Waals surface area contributed by atoms with E-state index in [-0.39, 0.29) is 6.42 Å². The lowest BCUT2D eigenvalue weighted by Gasteiger charge is -2.43. The van der Waals surface area contributed by atoms with Gasteiger partial charge in [0.2, 0.25) is 23.6 Å². The minimum Gasteiger partial charge on any atom is -0.274 e. The number of anilines is 2. The van der Waals surface area contributed by atoms with Crippen molar-refractivity contribution in [3.63, 3.8) is 0 Å². The number of nitrogens with zero attached hydrogens (tertiary/aromatic N) is 2. The molecule has 214 valence electrons. The maximum atomic E-state index is 15.0. The number of aryl methyl sites for hydroxylation is 2. The minimum absolute atomic E-state index is 0.106. The Kier molecular flexibility index (Phi) is 6.35. The van der Waals surface area contributed by atoms with Crippen LogP contribution in [0.4, 0.5) is 11.4 Å². The Hall–Kier alpha value is -4.26. The third-order valence-corrected chi connectivity index (χ3v) is 9.62. The van der Waals surface area contributed by atoms with Crippen LogP contribution in [0.15, 0.2) is 91.0 Å². The molecular formula is C35H26Cl2N2O4. The Morgan fingerprint density at radius 1 is 0.628 bits per heavy atom. The van der Waals surface area contributed by atoms with Crippen LogP contribution in [-0.4, -0.2) is 23.6 Å². The maximum Gasteiger partial charge on any atom is 0.242 e. The van der Waals surface area contributed by atoms with E-state index in [0.29, 0.717) is 32.5 Å². The summed E-state index contributed by atoms with van der Waals surface area (Å²) in [5.41, 5.74) is 3.14. The van der Waals surface area contributed by atoms with Gasteiger partial charge in [0.05, 0.1) is 34.5 Å². The molecule has 7 rings (SSSR count). The molecule has 4 amide bonds. The van der Waals surface area contributed by atoms with Crippen LogP contribution < -0.4 is 9.80 Å². The van der Waals surface area contributed by atoms with Crippen molar-refractivity contribution >= 4 is 58.2 Å². The molecule has 4 atom stereocenters. The van der Waals surface area contributed by atoms with E-state index in [1.54, 1.807) is 48.5 Å². The Balaban J connectivity index is 1.50. The summed E-state index contributed by atoms with van der Waals surface area (Å²) in [7, 11) is 0. The zero-order chi connectivity index (χ0) is 30.2. The van der Waals surface area contributed by atoms with Crippen LogP contribution in [0, 0.1) is 25.2 Å². The number of amides is 4. The molecule has 0 radical (unpaired) electrons. The molecule has 0 unspecified atom stereocenters. The first kappa shape index (κ1) is 27.6. The summed E-state index contributed by atoms with van der Waals surface area (Å²) in [6.07, 6.45) is 0.106. The number of rotatable bonds is 4. The third-order valence-electron chi connectivity index (χ3n) is 9.12. The molecule has 1 aliphatic carbocycles. The molecule has 0 bridgehead atoms. The summed E-state index contributed by atoms with van der Waals surface area (Å²) >= 11 is 12.3. The van der Waals surface area contributed by atoms with Gasteiger partial charge in [-0.05, 0) is 85.5 Å². The van der Waals surface area contributed by atoms with Gasteiger partial charge >= 0.3 is 0 Å². The van der Waals surface area contributed by atoms with Crippen LogP contribution in [0.2, 0.25) is 10.0 Å². The molecule has 2 saturated heterocycles. The number of benzene rings is 4. The first-order valence-corrected chi connectivity index (χ1v) is 14.8. The van der Waals surface area contributed by atoms with E-state index in [0.717, 1.165) is 21.6 Å².